The van der Waals surface area contributed by atoms with Gasteiger partial charge in [-0.1, -0.05) is 0 Å². The number of carbonyl (C=O) groups is 3. The van der Waals surface area contributed by atoms with Crippen LogP contribution in [-0.2, 0) is 28.6 Å². The van der Waals surface area contributed by atoms with Crippen molar-refractivity contribution in [1.82, 2.24) is 0 Å². The summed E-state index contributed by atoms with van der Waals surface area (Å²) in [6, 6.07) is 0. The maximum absolute atomic E-state index is 13.9. The molecule has 8 fully saturated rings. The Hall–Kier alpha value is -1.59. The molecular formula is C29H38O6. The van der Waals surface area contributed by atoms with Gasteiger partial charge in [0.1, 0.15) is 6.10 Å². The van der Waals surface area contributed by atoms with Crippen molar-refractivity contribution in [2.45, 2.75) is 63.9 Å². The first kappa shape index (κ1) is 21.5. The third-order valence-electron chi connectivity index (χ3n) is 12.9. The summed E-state index contributed by atoms with van der Waals surface area (Å²) in [5.41, 5.74) is 0. The summed E-state index contributed by atoms with van der Waals surface area (Å²) < 4.78 is 16.5. The van der Waals surface area contributed by atoms with Gasteiger partial charge in [-0.05, 0) is 129 Å². The van der Waals surface area contributed by atoms with E-state index in [-0.39, 0.29) is 42.4 Å². The number of rotatable bonds is 5. The number of carbonyl (C=O) groups excluding carboxylic acids is 3. The number of methoxy groups -OCH3 is 1. The second kappa shape index (κ2) is 7.47. The van der Waals surface area contributed by atoms with Crippen LogP contribution >= 0.6 is 0 Å². The van der Waals surface area contributed by atoms with Gasteiger partial charge in [-0.15, -0.1) is 0 Å². The summed E-state index contributed by atoms with van der Waals surface area (Å²) in [6.45, 7) is -0.372. The Labute approximate surface area is 207 Å². The number of fused-ring (bicyclic) bond motifs is 18. The average Bonchev–Trinajstić information content (AvgIpc) is 3.69. The van der Waals surface area contributed by atoms with Gasteiger partial charge >= 0.3 is 17.9 Å². The van der Waals surface area contributed by atoms with Crippen LogP contribution in [0.1, 0.15) is 57.8 Å². The Kier molecular flexibility index (Phi) is 4.59. The van der Waals surface area contributed by atoms with Crippen molar-refractivity contribution in [3.63, 3.8) is 0 Å². The van der Waals surface area contributed by atoms with Crippen molar-refractivity contribution in [2.24, 2.45) is 82.9 Å². The molecule has 0 aliphatic heterocycles. The molecule has 35 heavy (non-hydrogen) atoms. The summed E-state index contributed by atoms with van der Waals surface area (Å²) >= 11 is 0. The van der Waals surface area contributed by atoms with Crippen LogP contribution in [0.2, 0.25) is 0 Å². The SMILES string of the molecule is COC(=O)COC(=O)C1C2CC(C1C(=O)OC1CC3CC1C1C4CCC(C4)C31)C1C3CCC(C3)C21. The molecule has 8 aliphatic carbocycles. The van der Waals surface area contributed by atoms with Gasteiger partial charge in [-0.3, -0.25) is 9.59 Å². The zero-order valence-electron chi connectivity index (χ0n) is 20.7. The number of ether oxygens (including phenoxy) is 3. The first-order valence-corrected chi connectivity index (χ1v) is 14.5. The molecule has 0 aromatic rings. The quantitative estimate of drug-likeness (QED) is 0.336. The van der Waals surface area contributed by atoms with Crippen molar-refractivity contribution in [2.75, 3.05) is 13.7 Å². The highest BCUT2D eigenvalue weighted by Crippen LogP contribution is 2.71. The van der Waals surface area contributed by atoms with Gasteiger partial charge in [0.15, 0.2) is 6.61 Å². The highest BCUT2D eigenvalue weighted by molar-refractivity contribution is 5.85. The minimum Gasteiger partial charge on any atom is -0.466 e. The molecule has 0 spiro atoms. The largest absolute Gasteiger partial charge is 0.466 e. The van der Waals surface area contributed by atoms with Gasteiger partial charge < -0.3 is 14.2 Å². The van der Waals surface area contributed by atoms with E-state index in [4.69, 9.17) is 9.47 Å². The molecule has 0 heterocycles. The molecule has 0 aromatic heterocycles. The standard InChI is InChI=1S/C29H38O6/c1-33-21(30)11-34-28(31)26-18-10-19(25-15-5-4-14(7-15)24(18)25)27(26)29(32)35-20-9-16-8-17(20)23-13-3-2-12(6-13)22(16)23/h12-20,22-27H,2-11H2,1H3. The maximum atomic E-state index is 13.9. The average molecular weight is 483 g/mol. The lowest BCUT2D eigenvalue weighted by Crippen LogP contribution is -2.47. The molecule has 8 aliphatic rings. The maximum Gasteiger partial charge on any atom is 0.344 e. The van der Waals surface area contributed by atoms with Gasteiger partial charge in [0.25, 0.3) is 0 Å². The van der Waals surface area contributed by atoms with Gasteiger partial charge in [0, 0.05) is 0 Å². The second-order valence-electron chi connectivity index (χ2n) is 13.6. The molecule has 0 saturated heterocycles. The van der Waals surface area contributed by atoms with Crippen molar-refractivity contribution in [3.05, 3.63) is 0 Å². The van der Waals surface area contributed by atoms with Crippen LogP contribution < -0.4 is 0 Å². The molecule has 6 heteroatoms. The molecule has 15 unspecified atom stereocenters. The number of esters is 3. The van der Waals surface area contributed by atoms with Crippen LogP contribution in [0, 0.1) is 82.9 Å². The number of hydrogen-bond donors (Lipinski definition) is 0. The summed E-state index contributed by atoms with van der Waals surface area (Å²) in [7, 11) is 1.30. The highest BCUT2D eigenvalue weighted by Gasteiger charge is 2.70. The molecule has 0 aromatic carbocycles. The van der Waals surface area contributed by atoms with E-state index in [2.05, 4.69) is 4.74 Å². The Morgan fingerprint density at radius 2 is 1.20 bits per heavy atom. The van der Waals surface area contributed by atoms with E-state index in [1.807, 2.05) is 0 Å². The molecule has 0 radical (unpaired) electrons. The third-order valence-corrected chi connectivity index (χ3v) is 12.9. The molecule has 0 N–H and O–H groups in total. The molecule has 6 nitrogen and oxygen atoms in total. The molecule has 8 rings (SSSR count). The Bertz CT molecular complexity index is 961. The van der Waals surface area contributed by atoms with E-state index in [1.54, 1.807) is 0 Å². The third kappa shape index (κ3) is 2.80. The highest BCUT2D eigenvalue weighted by atomic mass is 16.6. The van der Waals surface area contributed by atoms with Crippen molar-refractivity contribution < 1.29 is 28.6 Å². The van der Waals surface area contributed by atoms with E-state index in [0.717, 1.165) is 48.3 Å². The molecule has 8 saturated carbocycles. The topological polar surface area (TPSA) is 78.9 Å². The van der Waals surface area contributed by atoms with Gasteiger partial charge in [0.2, 0.25) is 0 Å². The minimum absolute atomic E-state index is 0.0507. The molecule has 0 amide bonds. The summed E-state index contributed by atoms with van der Waals surface area (Å²) in [4.78, 5) is 38.9. The monoisotopic (exact) mass is 482 g/mol. The second-order valence-corrected chi connectivity index (χ2v) is 13.6. The number of hydrogen-bond acceptors (Lipinski definition) is 6. The van der Waals surface area contributed by atoms with E-state index in [0.29, 0.717) is 23.7 Å². The summed E-state index contributed by atoms with van der Waals surface area (Å²) in [6.07, 6.45) is 11.3. The lowest BCUT2D eigenvalue weighted by atomic mass is 9.63. The Morgan fingerprint density at radius 3 is 1.83 bits per heavy atom. The van der Waals surface area contributed by atoms with Crippen LogP contribution in [0.4, 0.5) is 0 Å². The normalized spacial score (nSPS) is 55.3. The van der Waals surface area contributed by atoms with Gasteiger partial charge in [0.05, 0.1) is 18.9 Å². The fraction of sp³-hybridized carbons (Fsp3) is 0.897. The fourth-order valence-corrected chi connectivity index (χ4v) is 12.4. The lowest BCUT2D eigenvalue weighted by molar-refractivity contribution is -0.175. The van der Waals surface area contributed by atoms with Crippen LogP contribution in [0.25, 0.3) is 0 Å². The zero-order chi connectivity index (χ0) is 23.6. The van der Waals surface area contributed by atoms with Crippen LogP contribution in [0.3, 0.4) is 0 Å². The molecular weight excluding hydrogens is 444 g/mol. The van der Waals surface area contributed by atoms with Crippen LogP contribution in [0.15, 0.2) is 0 Å². The first-order chi connectivity index (χ1) is 17.0. The Balaban J connectivity index is 1.03. The fourth-order valence-electron chi connectivity index (χ4n) is 12.4. The Morgan fingerprint density at radius 1 is 0.629 bits per heavy atom. The van der Waals surface area contributed by atoms with E-state index in [9.17, 15) is 14.4 Å². The van der Waals surface area contributed by atoms with Crippen molar-refractivity contribution in [3.8, 4) is 0 Å². The summed E-state index contributed by atoms with van der Waals surface area (Å²) in [5.74, 6) is 5.86. The summed E-state index contributed by atoms with van der Waals surface area (Å²) in [5, 5.41) is 0. The van der Waals surface area contributed by atoms with E-state index < -0.39 is 11.9 Å². The van der Waals surface area contributed by atoms with Crippen molar-refractivity contribution >= 4 is 17.9 Å². The van der Waals surface area contributed by atoms with Gasteiger partial charge in [-0.2, -0.15) is 0 Å². The van der Waals surface area contributed by atoms with E-state index in [1.165, 1.54) is 52.1 Å². The molecule has 15 atom stereocenters. The van der Waals surface area contributed by atoms with Gasteiger partial charge in [-0.25, -0.2) is 4.79 Å². The van der Waals surface area contributed by atoms with Crippen molar-refractivity contribution in [1.29, 1.82) is 0 Å². The predicted molar refractivity (Wildman–Crippen MR) is 123 cm³/mol. The van der Waals surface area contributed by atoms with E-state index >= 15 is 0 Å². The smallest absolute Gasteiger partial charge is 0.344 e. The zero-order valence-corrected chi connectivity index (χ0v) is 20.7. The predicted octanol–water partition coefficient (Wildman–Crippen LogP) is 3.86. The molecule has 190 valence electrons. The minimum atomic E-state index is -0.555. The lowest BCUT2D eigenvalue weighted by Gasteiger charge is -2.42. The molecule has 8 bridgehead atoms. The first-order valence-electron chi connectivity index (χ1n) is 14.5. The van der Waals surface area contributed by atoms with Crippen LogP contribution in [-0.4, -0.2) is 37.7 Å². The van der Waals surface area contributed by atoms with Crippen LogP contribution in [0.5, 0.6) is 0 Å².